The van der Waals surface area contributed by atoms with Gasteiger partial charge in [-0.1, -0.05) is 61.0 Å². The first-order chi connectivity index (χ1) is 14.5. The highest BCUT2D eigenvalue weighted by molar-refractivity contribution is 6.46. The van der Waals surface area contributed by atoms with E-state index in [-0.39, 0.29) is 17.9 Å². The highest BCUT2D eigenvalue weighted by atomic mass is 16.3. The Labute approximate surface area is 175 Å². The SMILES string of the molecule is CCc1ccc([C@@H]2C(=C(O)c3ccc(C)cc3)C(=O)C(=O)N2Cc2ccco2)cc1. The molecule has 0 unspecified atom stereocenters. The standard InChI is InChI=1S/C25H23NO4/c1-3-17-8-12-18(13-9-17)22-21(23(27)19-10-6-16(2)7-11-19)24(28)25(29)26(22)15-20-5-4-14-30-20/h4-14,22,27H,3,15H2,1-2H3/t22-/m1/s1. The number of rotatable bonds is 5. The molecule has 1 N–H and O–H groups in total. The second-order valence-electron chi connectivity index (χ2n) is 7.47. The van der Waals surface area contributed by atoms with Crippen LogP contribution in [0.1, 0.15) is 41.0 Å². The van der Waals surface area contributed by atoms with E-state index in [9.17, 15) is 14.7 Å². The lowest BCUT2D eigenvalue weighted by Gasteiger charge is -2.24. The van der Waals surface area contributed by atoms with E-state index in [1.807, 2.05) is 43.3 Å². The number of hydrogen-bond donors (Lipinski definition) is 1. The van der Waals surface area contributed by atoms with Crippen molar-refractivity contribution in [2.75, 3.05) is 0 Å². The molecule has 2 heterocycles. The second kappa shape index (κ2) is 8.03. The van der Waals surface area contributed by atoms with Crippen LogP contribution in [-0.4, -0.2) is 21.7 Å². The summed E-state index contributed by atoms with van der Waals surface area (Å²) < 4.78 is 5.41. The number of Topliss-reactive ketones (excluding diaryl/α,β-unsaturated/α-hetero) is 1. The number of carbonyl (C=O) groups excluding carboxylic acids is 2. The molecule has 1 saturated heterocycles. The van der Waals surface area contributed by atoms with Crippen molar-refractivity contribution in [3.05, 3.63) is 101 Å². The summed E-state index contributed by atoms with van der Waals surface area (Å²) in [6.07, 6.45) is 2.42. The van der Waals surface area contributed by atoms with Crippen LogP contribution >= 0.6 is 0 Å². The molecule has 30 heavy (non-hydrogen) atoms. The van der Waals surface area contributed by atoms with Crippen LogP contribution in [0.25, 0.3) is 5.76 Å². The van der Waals surface area contributed by atoms with E-state index >= 15 is 0 Å². The lowest BCUT2D eigenvalue weighted by Crippen LogP contribution is -2.29. The van der Waals surface area contributed by atoms with E-state index in [1.165, 1.54) is 11.2 Å². The van der Waals surface area contributed by atoms with Crippen molar-refractivity contribution in [3.63, 3.8) is 0 Å². The summed E-state index contributed by atoms with van der Waals surface area (Å²) in [5, 5.41) is 11.0. The molecule has 0 spiro atoms. The van der Waals surface area contributed by atoms with Gasteiger partial charge in [-0.25, -0.2) is 0 Å². The molecule has 2 aromatic carbocycles. The quantitative estimate of drug-likeness (QED) is 0.380. The van der Waals surface area contributed by atoms with Crippen LogP contribution in [0.5, 0.6) is 0 Å². The fourth-order valence-corrected chi connectivity index (χ4v) is 3.76. The van der Waals surface area contributed by atoms with Crippen molar-refractivity contribution in [2.45, 2.75) is 32.9 Å². The van der Waals surface area contributed by atoms with Gasteiger partial charge in [0, 0.05) is 5.56 Å². The van der Waals surface area contributed by atoms with Gasteiger partial charge in [-0.15, -0.1) is 0 Å². The van der Waals surface area contributed by atoms with Gasteiger partial charge >= 0.3 is 0 Å². The van der Waals surface area contributed by atoms with E-state index in [4.69, 9.17) is 4.42 Å². The Morgan fingerprint density at radius 1 is 1.03 bits per heavy atom. The average molecular weight is 401 g/mol. The van der Waals surface area contributed by atoms with Crippen molar-refractivity contribution in [3.8, 4) is 0 Å². The highest BCUT2D eigenvalue weighted by Crippen LogP contribution is 2.40. The number of aryl methyl sites for hydroxylation is 2. The molecule has 1 atom stereocenters. The summed E-state index contributed by atoms with van der Waals surface area (Å²) in [5.74, 6) is -0.934. The molecule has 0 saturated carbocycles. The van der Waals surface area contributed by atoms with Gasteiger partial charge in [0.25, 0.3) is 11.7 Å². The van der Waals surface area contributed by atoms with Crippen molar-refractivity contribution < 1.29 is 19.1 Å². The Balaban J connectivity index is 1.85. The third-order valence-electron chi connectivity index (χ3n) is 5.47. The molecule has 1 fully saturated rings. The first kappa shape index (κ1) is 19.7. The van der Waals surface area contributed by atoms with Gasteiger partial charge in [0.05, 0.1) is 24.4 Å². The molecule has 1 amide bonds. The minimum atomic E-state index is -0.692. The van der Waals surface area contributed by atoms with E-state index in [2.05, 4.69) is 6.92 Å². The number of ketones is 1. The van der Waals surface area contributed by atoms with Crippen LogP contribution in [0.2, 0.25) is 0 Å². The third-order valence-corrected chi connectivity index (χ3v) is 5.47. The maximum absolute atomic E-state index is 13.0. The normalized spacial score (nSPS) is 18.2. The summed E-state index contributed by atoms with van der Waals surface area (Å²) in [6.45, 7) is 4.15. The largest absolute Gasteiger partial charge is 0.507 e. The summed E-state index contributed by atoms with van der Waals surface area (Å²) in [7, 11) is 0. The lowest BCUT2D eigenvalue weighted by atomic mass is 9.94. The fraction of sp³-hybridized carbons (Fsp3) is 0.200. The van der Waals surface area contributed by atoms with Gasteiger partial charge in [0.1, 0.15) is 11.5 Å². The number of likely N-dealkylation sites (tertiary alicyclic amines) is 1. The Hall–Kier alpha value is -3.60. The highest BCUT2D eigenvalue weighted by Gasteiger charge is 2.46. The second-order valence-corrected chi connectivity index (χ2v) is 7.47. The van der Waals surface area contributed by atoms with Crippen LogP contribution in [0.15, 0.2) is 76.9 Å². The molecule has 0 radical (unpaired) electrons. The molecule has 1 aliphatic heterocycles. The first-order valence-corrected chi connectivity index (χ1v) is 9.96. The van der Waals surface area contributed by atoms with Gasteiger partial charge in [-0.05, 0) is 36.6 Å². The Kier molecular flexibility index (Phi) is 5.27. The maximum Gasteiger partial charge on any atom is 0.296 e. The molecule has 5 nitrogen and oxygen atoms in total. The lowest BCUT2D eigenvalue weighted by molar-refractivity contribution is -0.140. The molecule has 0 bridgehead atoms. The van der Waals surface area contributed by atoms with Gasteiger partial charge in [-0.2, -0.15) is 0 Å². The number of amides is 1. The minimum absolute atomic E-state index is 0.0969. The summed E-state index contributed by atoms with van der Waals surface area (Å²) in [4.78, 5) is 27.4. The number of carbonyl (C=O) groups is 2. The molecule has 0 aliphatic carbocycles. The zero-order valence-corrected chi connectivity index (χ0v) is 17.0. The molecular formula is C25H23NO4. The number of aliphatic hydroxyl groups is 1. The molecule has 3 aromatic rings. The number of aliphatic hydroxyl groups excluding tert-OH is 1. The van der Waals surface area contributed by atoms with E-state index < -0.39 is 17.7 Å². The molecule has 5 heteroatoms. The monoisotopic (exact) mass is 401 g/mol. The molecule has 1 aromatic heterocycles. The van der Waals surface area contributed by atoms with Crippen LogP contribution in [0, 0.1) is 6.92 Å². The number of furan rings is 1. The van der Waals surface area contributed by atoms with Crippen LogP contribution in [-0.2, 0) is 22.6 Å². The smallest absolute Gasteiger partial charge is 0.296 e. The predicted octanol–water partition coefficient (Wildman–Crippen LogP) is 4.77. The van der Waals surface area contributed by atoms with E-state index in [0.717, 1.165) is 23.1 Å². The number of hydrogen-bond acceptors (Lipinski definition) is 4. The van der Waals surface area contributed by atoms with E-state index in [0.29, 0.717) is 11.3 Å². The Morgan fingerprint density at radius 3 is 2.33 bits per heavy atom. The Bertz CT molecular complexity index is 1090. The molecule has 1 aliphatic rings. The summed E-state index contributed by atoms with van der Waals surface area (Å²) in [5.41, 5.74) is 3.56. The zero-order chi connectivity index (χ0) is 21.3. The van der Waals surface area contributed by atoms with Crippen molar-refractivity contribution >= 4 is 17.4 Å². The first-order valence-electron chi connectivity index (χ1n) is 9.96. The minimum Gasteiger partial charge on any atom is -0.507 e. The van der Waals surface area contributed by atoms with Crippen molar-refractivity contribution in [2.24, 2.45) is 0 Å². The maximum atomic E-state index is 13.0. The van der Waals surface area contributed by atoms with Gasteiger partial charge < -0.3 is 14.4 Å². The fourth-order valence-electron chi connectivity index (χ4n) is 3.76. The van der Waals surface area contributed by atoms with Crippen molar-refractivity contribution in [1.29, 1.82) is 0 Å². The van der Waals surface area contributed by atoms with Gasteiger partial charge in [0.2, 0.25) is 0 Å². The molecule has 4 rings (SSSR count). The molecule has 152 valence electrons. The number of nitrogens with zero attached hydrogens (tertiary/aromatic N) is 1. The van der Waals surface area contributed by atoms with E-state index in [1.54, 1.807) is 24.3 Å². The van der Waals surface area contributed by atoms with Crippen LogP contribution < -0.4 is 0 Å². The topological polar surface area (TPSA) is 70.8 Å². The summed E-state index contributed by atoms with van der Waals surface area (Å²) in [6, 6.07) is 17.8. The van der Waals surface area contributed by atoms with Crippen LogP contribution in [0.4, 0.5) is 0 Å². The predicted molar refractivity (Wildman–Crippen MR) is 114 cm³/mol. The van der Waals surface area contributed by atoms with Gasteiger partial charge in [-0.3, -0.25) is 9.59 Å². The summed E-state index contributed by atoms with van der Waals surface area (Å²) >= 11 is 0. The molecular weight excluding hydrogens is 378 g/mol. The van der Waals surface area contributed by atoms with Crippen molar-refractivity contribution in [1.82, 2.24) is 4.90 Å². The van der Waals surface area contributed by atoms with Gasteiger partial charge in [0.15, 0.2) is 0 Å². The average Bonchev–Trinajstić information content (AvgIpc) is 3.36. The Morgan fingerprint density at radius 2 is 1.73 bits per heavy atom. The van der Waals surface area contributed by atoms with Crippen LogP contribution in [0.3, 0.4) is 0 Å². The third kappa shape index (κ3) is 3.54. The number of benzene rings is 2. The zero-order valence-electron chi connectivity index (χ0n) is 17.0.